The van der Waals surface area contributed by atoms with E-state index in [9.17, 15) is 14.4 Å². The van der Waals surface area contributed by atoms with Crippen molar-refractivity contribution in [3.05, 3.63) is 108 Å². The van der Waals surface area contributed by atoms with Gasteiger partial charge in [0.05, 0.1) is 0 Å². The molecule has 0 bridgehead atoms. The molecule has 0 saturated carbocycles. The first-order chi connectivity index (χ1) is 33.9. The first kappa shape index (κ1) is 56.9. The molecule has 0 aliphatic carbocycles. The first-order valence-corrected chi connectivity index (χ1v) is 28.2. The molecule has 0 heterocycles. The number of rotatable bonds is 39. The van der Waals surface area contributed by atoms with Crippen LogP contribution in [0.1, 0.15) is 244 Å². The van der Waals surface area contributed by atoms with Crippen LogP contribution in [-0.2, 0) is 0 Å². The van der Waals surface area contributed by atoms with E-state index in [-0.39, 0.29) is 17.7 Å². The highest BCUT2D eigenvalue weighted by Gasteiger charge is 2.14. The van der Waals surface area contributed by atoms with E-state index in [1.54, 1.807) is 0 Å². The van der Waals surface area contributed by atoms with E-state index < -0.39 is 0 Å². The lowest BCUT2D eigenvalue weighted by molar-refractivity contribution is 0.0944. The Morgan fingerprint density at radius 3 is 0.725 bits per heavy atom. The lowest BCUT2D eigenvalue weighted by Gasteiger charge is -2.14. The van der Waals surface area contributed by atoms with Crippen molar-refractivity contribution in [2.45, 2.75) is 213 Å². The zero-order valence-electron chi connectivity index (χ0n) is 43.7. The van der Waals surface area contributed by atoms with Crippen molar-refractivity contribution < 1.29 is 14.4 Å². The second-order valence-electron chi connectivity index (χ2n) is 19.9. The molecular formula is C63H93N3O3. The highest BCUT2D eigenvalue weighted by molar-refractivity contribution is 5.98. The van der Waals surface area contributed by atoms with Gasteiger partial charge in [0.1, 0.15) is 0 Å². The molecule has 0 aliphatic heterocycles. The Hall–Kier alpha value is -4.71. The average molecular weight is 940 g/mol. The Balaban J connectivity index is 1.43. The van der Waals surface area contributed by atoms with Crippen LogP contribution in [-0.4, -0.2) is 37.4 Å². The predicted octanol–water partition coefficient (Wildman–Crippen LogP) is 17.6. The third-order valence-electron chi connectivity index (χ3n) is 13.8. The van der Waals surface area contributed by atoms with Gasteiger partial charge >= 0.3 is 0 Å². The minimum Gasteiger partial charge on any atom is -0.352 e. The van der Waals surface area contributed by atoms with Crippen LogP contribution in [0, 0.1) is 0 Å². The summed E-state index contributed by atoms with van der Waals surface area (Å²) in [4.78, 5) is 40.4. The van der Waals surface area contributed by atoms with Crippen LogP contribution in [0.3, 0.4) is 0 Å². The maximum absolute atomic E-state index is 13.5. The molecule has 4 rings (SSSR count). The van der Waals surface area contributed by atoms with E-state index in [1.807, 2.05) is 54.6 Å². The second kappa shape index (κ2) is 36.3. The standard InChI is InChI=1S/C63H93N3O3/c1-4-7-10-13-16-19-22-25-28-31-43-64-61(67)55-40-34-37-52(46-55)58-49-59(53-38-35-41-56(47-53)62(68)65-44-32-29-26-23-20-17-14-11-8-5-2)51-60(50-58)54-39-36-42-57(48-54)63(69)66-45-33-30-27-24-21-18-15-12-9-6-3/h34-42,46-51H,4-33,43-45H2,1-3H3,(H,64,67)(H,65,68)(H,66,69). The Morgan fingerprint density at radius 2 is 0.493 bits per heavy atom. The molecule has 0 atom stereocenters. The summed E-state index contributed by atoms with van der Waals surface area (Å²) in [6.45, 7) is 8.80. The molecule has 378 valence electrons. The molecule has 0 saturated heterocycles. The summed E-state index contributed by atoms with van der Waals surface area (Å²) in [6, 6.07) is 30.1. The normalized spacial score (nSPS) is 11.2. The van der Waals surface area contributed by atoms with Crippen molar-refractivity contribution >= 4 is 17.7 Å². The average Bonchev–Trinajstić information content (AvgIpc) is 3.38. The van der Waals surface area contributed by atoms with Crippen molar-refractivity contribution in [1.82, 2.24) is 16.0 Å². The van der Waals surface area contributed by atoms with Gasteiger partial charge in [0.15, 0.2) is 0 Å². The zero-order valence-corrected chi connectivity index (χ0v) is 43.7. The van der Waals surface area contributed by atoms with Crippen molar-refractivity contribution in [2.75, 3.05) is 19.6 Å². The Morgan fingerprint density at radius 1 is 0.275 bits per heavy atom. The predicted molar refractivity (Wildman–Crippen MR) is 295 cm³/mol. The summed E-state index contributed by atoms with van der Waals surface area (Å²) in [5, 5.41) is 9.51. The number of carbonyl (C=O) groups is 3. The number of nitrogens with one attached hydrogen (secondary N) is 3. The van der Waals surface area contributed by atoms with Gasteiger partial charge in [-0.15, -0.1) is 0 Å². The molecule has 0 fully saturated rings. The summed E-state index contributed by atoms with van der Waals surface area (Å²) in [5.74, 6) is -0.174. The van der Waals surface area contributed by atoms with Gasteiger partial charge in [-0.3, -0.25) is 14.4 Å². The molecule has 69 heavy (non-hydrogen) atoms. The maximum Gasteiger partial charge on any atom is 0.251 e. The number of carbonyl (C=O) groups excluding carboxylic acids is 3. The third kappa shape index (κ3) is 23.6. The van der Waals surface area contributed by atoms with Crippen LogP contribution in [0.4, 0.5) is 0 Å². The monoisotopic (exact) mass is 940 g/mol. The van der Waals surface area contributed by atoms with Crippen LogP contribution in [0.25, 0.3) is 33.4 Å². The summed E-state index contributed by atoms with van der Waals surface area (Å²) in [6.07, 6.45) is 37.8. The molecule has 0 spiro atoms. The van der Waals surface area contributed by atoms with Crippen LogP contribution in [0.15, 0.2) is 91.0 Å². The number of amides is 3. The molecule has 4 aromatic rings. The van der Waals surface area contributed by atoms with E-state index in [0.717, 1.165) is 71.9 Å². The second-order valence-corrected chi connectivity index (χ2v) is 19.9. The summed E-state index contributed by atoms with van der Waals surface area (Å²) < 4.78 is 0. The van der Waals surface area contributed by atoms with Crippen molar-refractivity contribution in [2.24, 2.45) is 0 Å². The Kier molecular flexibility index (Phi) is 29.9. The molecule has 0 aliphatic rings. The van der Waals surface area contributed by atoms with Crippen molar-refractivity contribution in [3.8, 4) is 33.4 Å². The van der Waals surface area contributed by atoms with Crippen molar-refractivity contribution in [1.29, 1.82) is 0 Å². The van der Waals surface area contributed by atoms with Gasteiger partial charge in [0, 0.05) is 36.3 Å². The van der Waals surface area contributed by atoms with Crippen LogP contribution in [0.2, 0.25) is 0 Å². The van der Waals surface area contributed by atoms with Crippen LogP contribution < -0.4 is 16.0 Å². The van der Waals surface area contributed by atoms with Crippen LogP contribution >= 0.6 is 0 Å². The molecule has 3 amide bonds. The SMILES string of the molecule is CCCCCCCCCCCCNC(=O)c1cccc(-c2cc(-c3cccc(C(=O)NCCCCCCCCCCCC)c3)cc(-c3cccc(C(=O)NCCCCCCCCCCCC)c3)c2)c1. The zero-order chi connectivity index (χ0) is 49.0. The van der Waals surface area contributed by atoms with E-state index in [1.165, 1.54) is 154 Å². The van der Waals surface area contributed by atoms with Crippen molar-refractivity contribution in [3.63, 3.8) is 0 Å². The smallest absolute Gasteiger partial charge is 0.251 e. The van der Waals surface area contributed by atoms with Gasteiger partial charge < -0.3 is 16.0 Å². The van der Waals surface area contributed by atoms with Gasteiger partial charge in [-0.2, -0.15) is 0 Å². The largest absolute Gasteiger partial charge is 0.352 e. The number of hydrogen-bond acceptors (Lipinski definition) is 3. The third-order valence-corrected chi connectivity index (χ3v) is 13.8. The molecule has 6 heteroatoms. The summed E-state index contributed by atoms with van der Waals surface area (Å²) in [7, 11) is 0. The van der Waals surface area contributed by atoms with E-state index >= 15 is 0 Å². The van der Waals surface area contributed by atoms with Gasteiger partial charge in [0.25, 0.3) is 17.7 Å². The fourth-order valence-electron chi connectivity index (χ4n) is 9.40. The fourth-order valence-corrected chi connectivity index (χ4v) is 9.40. The number of hydrogen-bond donors (Lipinski definition) is 3. The van der Waals surface area contributed by atoms with E-state index in [0.29, 0.717) is 36.3 Å². The number of unbranched alkanes of at least 4 members (excludes halogenated alkanes) is 27. The molecule has 6 nitrogen and oxygen atoms in total. The molecule has 0 radical (unpaired) electrons. The summed E-state index contributed by atoms with van der Waals surface area (Å²) >= 11 is 0. The fraction of sp³-hybridized carbons (Fsp3) is 0.571. The maximum atomic E-state index is 13.5. The topological polar surface area (TPSA) is 87.3 Å². The van der Waals surface area contributed by atoms with Gasteiger partial charge in [0.2, 0.25) is 0 Å². The van der Waals surface area contributed by atoms with Gasteiger partial charge in [-0.25, -0.2) is 0 Å². The Bertz CT molecular complexity index is 1780. The minimum absolute atomic E-state index is 0.0582. The van der Waals surface area contributed by atoms with Crippen LogP contribution in [0.5, 0.6) is 0 Å². The Labute approximate surface area is 420 Å². The van der Waals surface area contributed by atoms with E-state index in [2.05, 4.69) is 73.1 Å². The lowest BCUT2D eigenvalue weighted by atomic mass is 9.91. The van der Waals surface area contributed by atoms with Gasteiger partial charge in [-0.05, 0) is 107 Å². The molecule has 0 aromatic heterocycles. The number of benzene rings is 4. The van der Waals surface area contributed by atoms with E-state index in [4.69, 9.17) is 0 Å². The molecule has 0 unspecified atom stereocenters. The highest BCUT2D eigenvalue weighted by Crippen LogP contribution is 2.34. The molecule has 4 aromatic carbocycles. The molecular weight excluding hydrogens is 847 g/mol. The highest BCUT2D eigenvalue weighted by atomic mass is 16.2. The molecule has 3 N–H and O–H groups in total. The quantitative estimate of drug-likeness (QED) is 0.0390. The minimum atomic E-state index is -0.0582. The summed E-state index contributed by atoms with van der Waals surface area (Å²) in [5.41, 5.74) is 7.56. The first-order valence-electron chi connectivity index (χ1n) is 28.2. The van der Waals surface area contributed by atoms with Gasteiger partial charge in [-0.1, -0.05) is 231 Å². The lowest BCUT2D eigenvalue weighted by Crippen LogP contribution is -2.24.